The zero-order valence-corrected chi connectivity index (χ0v) is 10.9. The van der Waals surface area contributed by atoms with Gasteiger partial charge < -0.3 is 10.5 Å². The van der Waals surface area contributed by atoms with Gasteiger partial charge in [0, 0.05) is 5.69 Å². The molecule has 1 atom stereocenters. The molecular weight excluding hydrogens is 226 g/mol. The molecule has 1 fully saturated rings. The standard InChI is InChI=1S/C15H21NO2/c1-11(12-7-9-14(16)10-8-12)18-15(17)13-5-3-2-4-6-13/h7-11,13H,2-6,16H2,1H3. The minimum absolute atomic E-state index is 0.0426. The van der Waals surface area contributed by atoms with Crippen LogP contribution in [0.5, 0.6) is 0 Å². The molecule has 0 radical (unpaired) electrons. The van der Waals surface area contributed by atoms with E-state index >= 15 is 0 Å². The lowest BCUT2D eigenvalue weighted by Crippen LogP contribution is -2.21. The number of carbonyl (C=O) groups is 1. The second-order valence-corrected chi connectivity index (χ2v) is 5.08. The van der Waals surface area contributed by atoms with Crippen LogP contribution in [0.1, 0.15) is 50.7 Å². The Bertz CT molecular complexity index is 393. The molecule has 98 valence electrons. The number of benzene rings is 1. The summed E-state index contributed by atoms with van der Waals surface area (Å²) in [6.07, 6.45) is 5.31. The third-order valence-electron chi connectivity index (χ3n) is 3.64. The van der Waals surface area contributed by atoms with Crippen molar-refractivity contribution in [1.82, 2.24) is 0 Å². The maximum Gasteiger partial charge on any atom is 0.309 e. The molecule has 1 unspecified atom stereocenters. The Morgan fingerprint density at radius 2 is 1.83 bits per heavy atom. The zero-order valence-electron chi connectivity index (χ0n) is 10.9. The number of anilines is 1. The first-order valence-corrected chi connectivity index (χ1v) is 6.73. The summed E-state index contributed by atoms with van der Waals surface area (Å²) in [6.45, 7) is 1.91. The highest BCUT2D eigenvalue weighted by atomic mass is 16.5. The van der Waals surface area contributed by atoms with Gasteiger partial charge in [-0.2, -0.15) is 0 Å². The van der Waals surface area contributed by atoms with E-state index in [4.69, 9.17) is 10.5 Å². The fourth-order valence-corrected chi connectivity index (χ4v) is 2.44. The molecule has 2 N–H and O–H groups in total. The molecular formula is C15H21NO2. The summed E-state index contributed by atoms with van der Waals surface area (Å²) >= 11 is 0. The van der Waals surface area contributed by atoms with Crippen LogP contribution in [0, 0.1) is 5.92 Å². The van der Waals surface area contributed by atoms with Gasteiger partial charge >= 0.3 is 5.97 Å². The van der Waals surface area contributed by atoms with Gasteiger partial charge in [0.05, 0.1) is 5.92 Å². The monoisotopic (exact) mass is 247 g/mol. The van der Waals surface area contributed by atoms with Crippen LogP contribution in [-0.4, -0.2) is 5.97 Å². The SMILES string of the molecule is CC(OC(=O)C1CCCCC1)c1ccc(N)cc1. The van der Waals surface area contributed by atoms with Crippen molar-refractivity contribution in [2.75, 3.05) is 5.73 Å². The van der Waals surface area contributed by atoms with Gasteiger partial charge in [-0.1, -0.05) is 31.4 Å². The van der Waals surface area contributed by atoms with E-state index in [1.807, 2.05) is 31.2 Å². The molecule has 0 amide bonds. The first-order valence-electron chi connectivity index (χ1n) is 6.73. The highest BCUT2D eigenvalue weighted by Gasteiger charge is 2.24. The Hall–Kier alpha value is -1.51. The van der Waals surface area contributed by atoms with Crippen LogP contribution in [-0.2, 0) is 9.53 Å². The maximum absolute atomic E-state index is 12.0. The van der Waals surface area contributed by atoms with Crippen LogP contribution in [0.3, 0.4) is 0 Å². The molecule has 0 aromatic heterocycles. The van der Waals surface area contributed by atoms with Crippen LogP contribution in [0.15, 0.2) is 24.3 Å². The molecule has 2 rings (SSSR count). The van der Waals surface area contributed by atoms with Crippen LogP contribution in [0.4, 0.5) is 5.69 Å². The molecule has 3 nitrogen and oxygen atoms in total. The number of hydrogen-bond donors (Lipinski definition) is 1. The van der Waals surface area contributed by atoms with Crippen LogP contribution in [0.25, 0.3) is 0 Å². The summed E-state index contributed by atoms with van der Waals surface area (Å²) in [5.74, 6) is 0.0639. The lowest BCUT2D eigenvalue weighted by Gasteiger charge is -2.22. The largest absolute Gasteiger partial charge is 0.458 e. The van der Waals surface area contributed by atoms with Crippen LogP contribution < -0.4 is 5.73 Å². The lowest BCUT2D eigenvalue weighted by atomic mass is 9.89. The Morgan fingerprint density at radius 3 is 2.44 bits per heavy atom. The van der Waals surface area contributed by atoms with Crippen molar-refractivity contribution in [2.45, 2.75) is 45.1 Å². The summed E-state index contributed by atoms with van der Waals surface area (Å²) in [4.78, 5) is 12.0. The molecule has 1 aliphatic carbocycles. The Kier molecular flexibility index (Phi) is 4.24. The van der Waals surface area contributed by atoms with Crippen molar-refractivity contribution < 1.29 is 9.53 Å². The first kappa shape index (κ1) is 12.9. The van der Waals surface area contributed by atoms with Gasteiger partial charge in [-0.25, -0.2) is 0 Å². The minimum atomic E-state index is -0.194. The van der Waals surface area contributed by atoms with E-state index in [2.05, 4.69) is 0 Å². The Balaban J connectivity index is 1.91. The molecule has 0 bridgehead atoms. The second-order valence-electron chi connectivity index (χ2n) is 5.08. The smallest absolute Gasteiger partial charge is 0.309 e. The summed E-state index contributed by atoms with van der Waals surface area (Å²) in [6, 6.07) is 7.49. The van der Waals surface area contributed by atoms with E-state index in [9.17, 15) is 4.79 Å². The van der Waals surface area contributed by atoms with Crippen molar-refractivity contribution in [3.63, 3.8) is 0 Å². The van der Waals surface area contributed by atoms with Gasteiger partial charge in [-0.3, -0.25) is 4.79 Å². The molecule has 1 aromatic rings. The molecule has 0 heterocycles. The minimum Gasteiger partial charge on any atom is -0.458 e. The van der Waals surface area contributed by atoms with E-state index in [0.717, 1.165) is 36.9 Å². The van der Waals surface area contributed by atoms with Crippen molar-refractivity contribution >= 4 is 11.7 Å². The van der Waals surface area contributed by atoms with Gasteiger partial charge in [0.2, 0.25) is 0 Å². The maximum atomic E-state index is 12.0. The van der Waals surface area contributed by atoms with Crippen molar-refractivity contribution in [3.8, 4) is 0 Å². The molecule has 0 saturated heterocycles. The predicted octanol–water partition coefficient (Wildman–Crippen LogP) is 3.45. The number of esters is 1. The van der Waals surface area contributed by atoms with E-state index in [1.54, 1.807) is 0 Å². The van der Waals surface area contributed by atoms with Crippen LogP contribution in [0.2, 0.25) is 0 Å². The van der Waals surface area contributed by atoms with E-state index in [1.165, 1.54) is 6.42 Å². The summed E-state index contributed by atoms with van der Waals surface area (Å²) < 4.78 is 5.54. The lowest BCUT2D eigenvalue weighted by molar-refractivity contribution is -0.154. The normalized spacial score (nSPS) is 18.3. The van der Waals surface area contributed by atoms with E-state index < -0.39 is 0 Å². The fourth-order valence-electron chi connectivity index (χ4n) is 2.44. The predicted molar refractivity (Wildman–Crippen MR) is 71.9 cm³/mol. The average Bonchev–Trinajstić information content (AvgIpc) is 2.40. The Morgan fingerprint density at radius 1 is 1.22 bits per heavy atom. The molecule has 18 heavy (non-hydrogen) atoms. The molecule has 0 spiro atoms. The summed E-state index contributed by atoms with van der Waals surface area (Å²) in [5.41, 5.74) is 7.36. The molecule has 3 heteroatoms. The molecule has 1 saturated carbocycles. The number of nitrogens with two attached hydrogens (primary N) is 1. The van der Waals surface area contributed by atoms with E-state index in [-0.39, 0.29) is 18.0 Å². The highest BCUT2D eigenvalue weighted by Crippen LogP contribution is 2.27. The quantitative estimate of drug-likeness (QED) is 0.657. The van der Waals surface area contributed by atoms with Gasteiger partial charge in [0.25, 0.3) is 0 Å². The summed E-state index contributed by atoms with van der Waals surface area (Å²) in [7, 11) is 0. The van der Waals surface area contributed by atoms with Crippen molar-refractivity contribution in [1.29, 1.82) is 0 Å². The summed E-state index contributed by atoms with van der Waals surface area (Å²) in [5, 5.41) is 0. The Labute approximate surface area is 108 Å². The number of rotatable bonds is 3. The van der Waals surface area contributed by atoms with Gasteiger partial charge in [-0.15, -0.1) is 0 Å². The number of nitrogen functional groups attached to an aromatic ring is 1. The highest BCUT2D eigenvalue weighted by molar-refractivity contribution is 5.72. The molecule has 1 aliphatic rings. The van der Waals surface area contributed by atoms with Gasteiger partial charge in [-0.05, 0) is 37.5 Å². The van der Waals surface area contributed by atoms with E-state index in [0.29, 0.717) is 0 Å². The topological polar surface area (TPSA) is 52.3 Å². The van der Waals surface area contributed by atoms with Crippen LogP contribution >= 0.6 is 0 Å². The second kappa shape index (κ2) is 5.89. The van der Waals surface area contributed by atoms with Crippen molar-refractivity contribution in [3.05, 3.63) is 29.8 Å². The number of hydrogen-bond acceptors (Lipinski definition) is 3. The van der Waals surface area contributed by atoms with Gasteiger partial charge in [0.1, 0.15) is 6.10 Å². The first-order chi connectivity index (χ1) is 8.66. The van der Waals surface area contributed by atoms with Crippen molar-refractivity contribution in [2.24, 2.45) is 5.92 Å². The molecule has 1 aromatic carbocycles. The third-order valence-corrected chi connectivity index (χ3v) is 3.64. The van der Waals surface area contributed by atoms with Gasteiger partial charge in [0.15, 0.2) is 0 Å². The average molecular weight is 247 g/mol. The third kappa shape index (κ3) is 3.25. The molecule has 0 aliphatic heterocycles. The zero-order chi connectivity index (χ0) is 13.0. The number of carbonyl (C=O) groups excluding carboxylic acids is 1. The number of ether oxygens (including phenoxy) is 1. The fraction of sp³-hybridized carbons (Fsp3) is 0.533.